The first kappa shape index (κ1) is 19.7. The van der Waals surface area contributed by atoms with Crippen LogP contribution in [0.4, 0.5) is 5.13 Å². The number of nitrogens with one attached hydrogen (secondary N) is 1. The first-order chi connectivity index (χ1) is 13.8. The number of sulfonamides is 1. The van der Waals surface area contributed by atoms with Crippen molar-refractivity contribution in [2.24, 2.45) is 0 Å². The van der Waals surface area contributed by atoms with Gasteiger partial charge in [0.2, 0.25) is 15.9 Å². The molecule has 1 saturated heterocycles. The van der Waals surface area contributed by atoms with Gasteiger partial charge in [0, 0.05) is 17.3 Å². The van der Waals surface area contributed by atoms with E-state index in [-0.39, 0.29) is 0 Å². The Balaban J connectivity index is 1.57. The predicted molar refractivity (Wildman–Crippen MR) is 111 cm³/mol. The molecule has 1 amide bonds. The second-order valence-corrected chi connectivity index (χ2v) is 9.69. The molecule has 8 nitrogen and oxygen atoms in total. The fourth-order valence-corrected chi connectivity index (χ4v) is 5.29. The second-order valence-electron chi connectivity index (χ2n) is 6.90. The smallest absolute Gasteiger partial charge is 0.345 e. The van der Waals surface area contributed by atoms with Crippen LogP contribution in [0.1, 0.15) is 19.3 Å². The van der Waals surface area contributed by atoms with Gasteiger partial charge in [-0.15, -0.1) is 11.3 Å². The summed E-state index contributed by atoms with van der Waals surface area (Å²) in [4.78, 5) is 29.3. The maximum atomic E-state index is 12.7. The highest BCUT2D eigenvalue weighted by Gasteiger charge is 2.34. The first-order valence-electron chi connectivity index (χ1n) is 9.09. The van der Waals surface area contributed by atoms with Crippen LogP contribution in [0.5, 0.6) is 0 Å². The summed E-state index contributed by atoms with van der Waals surface area (Å²) in [5.41, 5.74) is 0.676. The molecule has 0 bridgehead atoms. The van der Waals surface area contributed by atoms with E-state index in [1.807, 2.05) is 12.1 Å². The Kier molecular flexibility index (Phi) is 5.24. The largest absolute Gasteiger partial charge is 0.422 e. The van der Waals surface area contributed by atoms with Gasteiger partial charge in [0.1, 0.15) is 11.6 Å². The molecule has 10 heteroatoms. The molecule has 3 aromatic rings. The highest BCUT2D eigenvalue weighted by Crippen LogP contribution is 2.27. The Morgan fingerprint density at radius 3 is 2.90 bits per heavy atom. The number of amides is 1. The van der Waals surface area contributed by atoms with Gasteiger partial charge in [-0.2, -0.15) is 4.31 Å². The summed E-state index contributed by atoms with van der Waals surface area (Å²) in [6.07, 6.45) is 3.09. The Morgan fingerprint density at radius 1 is 1.31 bits per heavy atom. The summed E-state index contributed by atoms with van der Waals surface area (Å²) in [6, 6.07) is 8.12. The molecule has 1 aromatic carbocycles. The van der Waals surface area contributed by atoms with Gasteiger partial charge in [-0.25, -0.2) is 18.2 Å². The molecule has 0 radical (unpaired) electrons. The van der Waals surface area contributed by atoms with Crippen LogP contribution in [-0.2, 0) is 14.8 Å². The average Bonchev–Trinajstić information content (AvgIpc) is 3.15. The molecule has 0 spiro atoms. The number of benzene rings is 1. The van der Waals surface area contributed by atoms with Crippen molar-refractivity contribution in [3.8, 4) is 11.3 Å². The molecule has 0 saturated carbocycles. The molecule has 152 valence electrons. The monoisotopic (exact) mass is 433 g/mol. The van der Waals surface area contributed by atoms with Crippen LogP contribution in [0.25, 0.3) is 22.2 Å². The van der Waals surface area contributed by atoms with Crippen LogP contribution in [-0.4, -0.2) is 42.5 Å². The Labute approximate surface area is 171 Å². The molecule has 0 aliphatic carbocycles. The van der Waals surface area contributed by atoms with Gasteiger partial charge in [0.05, 0.1) is 17.5 Å². The van der Waals surface area contributed by atoms with Gasteiger partial charge >= 0.3 is 5.63 Å². The third-order valence-corrected chi connectivity index (χ3v) is 6.88. The van der Waals surface area contributed by atoms with Crippen LogP contribution in [0.3, 0.4) is 0 Å². The molecule has 1 N–H and O–H groups in total. The van der Waals surface area contributed by atoms with E-state index >= 15 is 0 Å². The molecule has 1 aliphatic rings. The number of nitrogens with zero attached hydrogens (tertiary/aromatic N) is 2. The van der Waals surface area contributed by atoms with E-state index in [2.05, 4.69) is 10.3 Å². The predicted octanol–water partition coefficient (Wildman–Crippen LogP) is 2.67. The lowest BCUT2D eigenvalue weighted by atomic mass is 10.0. The summed E-state index contributed by atoms with van der Waals surface area (Å²) < 4.78 is 30.5. The third-order valence-electron chi connectivity index (χ3n) is 4.83. The maximum absolute atomic E-state index is 12.7. The zero-order valence-corrected chi connectivity index (χ0v) is 17.3. The number of rotatable bonds is 4. The normalized spacial score (nSPS) is 18.0. The number of hydrogen-bond donors (Lipinski definition) is 1. The summed E-state index contributed by atoms with van der Waals surface area (Å²) in [5, 5.41) is 5.42. The minimum atomic E-state index is -3.47. The number of aromatic nitrogens is 1. The lowest BCUT2D eigenvalue weighted by Crippen LogP contribution is -2.49. The van der Waals surface area contributed by atoms with E-state index in [0.29, 0.717) is 34.9 Å². The standard InChI is InChI=1S/C19H19N3O5S2/c1-29(25,26)22-9-5-4-7-15(22)17(23)21-19-20-14(11-28-19)13-10-12-6-2-3-8-16(12)27-18(13)24/h2-3,6,8,10-11,15H,4-5,7,9H2,1H3,(H,20,21,23)/t15-/m0/s1. The molecule has 1 atom stereocenters. The van der Waals surface area contributed by atoms with Gasteiger partial charge in [-0.1, -0.05) is 24.6 Å². The molecular formula is C19H19N3O5S2. The van der Waals surface area contributed by atoms with E-state index in [0.717, 1.165) is 24.5 Å². The van der Waals surface area contributed by atoms with Crippen LogP contribution < -0.4 is 10.9 Å². The Morgan fingerprint density at radius 2 is 2.10 bits per heavy atom. The van der Waals surface area contributed by atoms with Crippen LogP contribution in [0.15, 0.2) is 44.9 Å². The van der Waals surface area contributed by atoms with Crippen molar-refractivity contribution in [2.75, 3.05) is 18.1 Å². The molecule has 2 aromatic heterocycles. The van der Waals surface area contributed by atoms with Crippen molar-refractivity contribution in [2.45, 2.75) is 25.3 Å². The van der Waals surface area contributed by atoms with E-state index in [9.17, 15) is 18.0 Å². The summed E-state index contributed by atoms with van der Waals surface area (Å²) >= 11 is 1.17. The van der Waals surface area contributed by atoms with E-state index < -0.39 is 27.6 Å². The highest BCUT2D eigenvalue weighted by molar-refractivity contribution is 7.88. The second kappa shape index (κ2) is 7.69. The van der Waals surface area contributed by atoms with Gasteiger partial charge < -0.3 is 9.73 Å². The van der Waals surface area contributed by atoms with Gasteiger partial charge in [-0.05, 0) is 25.0 Å². The average molecular weight is 434 g/mol. The fourth-order valence-electron chi connectivity index (χ4n) is 3.45. The number of piperidine rings is 1. The van der Waals surface area contributed by atoms with Crippen LogP contribution in [0.2, 0.25) is 0 Å². The van der Waals surface area contributed by atoms with Crippen LogP contribution in [0, 0.1) is 0 Å². The molecule has 0 unspecified atom stereocenters. The van der Waals surface area contributed by atoms with Gasteiger partial charge in [0.15, 0.2) is 5.13 Å². The SMILES string of the molecule is CS(=O)(=O)N1CCCC[C@H]1C(=O)Nc1nc(-c2cc3ccccc3oc2=O)cs1. The molecule has 1 aliphatic heterocycles. The number of para-hydroxylation sites is 1. The van der Waals surface area contributed by atoms with Crippen molar-refractivity contribution in [3.05, 3.63) is 46.1 Å². The zero-order chi connectivity index (χ0) is 20.6. The topological polar surface area (TPSA) is 110 Å². The molecule has 29 heavy (non-hydrogen) atoms. The van der Waals surface area contributed by atoms with E-state index in [1.165, 1.54) is 15.6 Å². The number of carbonyl (C=O) groups excluding carboxylic acids is 1. The quantitative estimate of drug-likeness (QED) is 0.634. The lowest BCUT2D eigenvalue weighted by Gasteiger charge is -2.32. The summed E-state index contributed by atoms with van der Waals surface area (Å²) in [6.45, 7) is 0.332. The maximum Gasteiger partial charge on any atom is 0.345 e. The molecule has 3 heterocycles. The van der Waals surface area contributed by atoms with Crippen molar-refractivity contribution in [1.82, 2.24) is 9.29 Å². The molecular weight excluding hydrogens is 414 g/mol. The van der Waals surface area contributed by atoms with E-state index in [1.54, 1.807) is 23.6 Å². The lowest BCUT2D eigenvalue weighted by molar-refractivity contribution is -0.120. The van der Waals surface area contributed by atoms with Gasteiger partial charge in [0.25, 0.3) is 0 Å². The number of thiazole rings is 1. The summed E-state index contributed by atoms with van der Waals surface area (Å²) in [7, 11) is -3.47. The number of anilines is 1. The minimum Gasteiger partial charge on any atom is -0.422 e. The first-order valence-corrected chi connectivity index (χ1v) is 11.8. The van der Waals surface area contributed by atoms with E-state index in [4.69, 9.17) is 4.42 Å². The third kappa shape index (κ3) is 4.09. The van der Waals surface area contributed by atoms with Crippen molar-refractivity contribution >= 4 is 43.4 Å². The van der Waals surface area contributed by atoms with Crippen molar-refractivity contribution in [3.63, 3.8) is 0 Å². The van der Waals surface area contributed by atoms with Gasteiger partial charge in [-0.3, -0.25) is 4.79 Å². The van der Waals surface area contributed by atoms with Crippen molar-refractivity contribution < 1.29 is 17.6 Å². The number of carbonyl (C=O) groups is 1. The minimum absolute atomic E-state index is 0.302. The highest BCUT2D eigenvalue weighted by atomic mass is 32.2. The number of hydrogen-bond acceptors (Lipinski definition) is 7. The Hall–Kier alpha value is -2.56. The molecule has 4 rings (SSSR count). The zero-order valence-electron chi connectivity index (χ0n) is 15.6. The van der Waals surface area contributed by atoms with Crippen LogP contribution >= 0.6 is 11.3 Å². The summed E-state index contributed by atoms with van der Waals surface area (Å²) in [5.74, 6) is -0.415. The Bertz CT molecular complexity index is 1230. The molecule has 1 fully saturated rings. The van der Waals surface area contributed by atoms with Crippen molar-refractivity contribution in [1.29, 1.82) is 0 Å². The number of fused-ring (bicyclic) bond motifs is 1. The fraction of sp³-hybridized carbons (Fsp3) is 0.316.